The monoisotopic (exact) mass is 363 g/mol. The van der Waals surface area contributed by atoms with Crippen molar-refractivity contribution in [3.8, 4) is 17.2 Å². The zero-order valence-electron chi connectivity index (χ0n) is 15.3. The van der Waals surface area contributed by atoms with Crippen LogP contribution < -0.4 is 19.5 Å². The summed E-state index contributed by atoms with van der Waals surface area (Å²) in [6.07, 6.45) is 0. The van der Waals surface area contributed by atoms with Crippen LogP contribution in [-0.4, -0.2) is 20.1 Å². The normalized spacial score (nSPS) is 10.1. The Labute approximate surface area is 158 Å². The Morgan fingerprint density at radius 1 is 0.815 bits per heavy atom. The summed E-state index contributed by atoms with van der Waals surface area (Å²) in [7, 11) is 3.12. The fourth-order valence-electron chi connectivity index (χ4n) is 2.63. The molecular weight excluding hydrogens is 342 g/mol. The van der Waals surface area contributed by atoms with Gasteiger partial charge in [-0.05, 0) is 29.8 Å². The molecule has 0 unspecified atom stereocenters. The molecule has 0 bridgehead atoms. The van der Waals surface area contributed by atoms with E-state index < -0.39 is 0 Å². The van der Waals surface area contributed by atoms with Crippen molar-refractivity contribution in [2.45, 2.75) is 6.61 Å². The van der Waals surface area contributed by atoms with Gasteiger partial charge in [-0.15, -0.1) is 0 Å². The fourth-order valence-corrected chi connectivity index (χ4v) is 2.63. The molecule has 27 heavy (non-hydrogen) atoms. The fraction of sp³-hybridized carbons (Fsp3) is 0.136. The second kappa shape index (κ2) is 8.76. The first-order chi connectivity index (χ1) is 13.2. The Hall–Kier alpha value is -3.47. The van der Waals surface area contributed by atoms with Gasteiger partial charge >= 0.3 is 0 Å². The molecule has 0 spiro atoms. The highest BCUT2D eigenvalue weighted by molar-refractivity contribution is 6.06. The van der Waals surface area contributed by atoms with Crippen LogP contribution in [0, 0.1) is 0 Å². The average molecular weight is 363 g/mol. The van der Waals surface area contributed by atoms with Crippen LogP contribution in [0.2, 0.25) is 0 Å². The number of ether oxygens (including phenoxy) is 3. The molecule has 138 valence electrons. The molecule has 0 heterocycles. The minimum absolute atomic E-state index is 0.258. The van der Waals surface area contributed by atoms with Gasteiger partial charge in [0.2, 0.25) is 0 Å². The van der Waals surface area contributed by atoms with Crippen LogP contribution in [-0.2, 0) is 6.61 Å². The first kappa shape index (κ1) is 18.3. The smallest absolute Gasteiger partial charge is 0.259 e. The standard InChI is InChI=1S/C22H21NO4/c1-25-20-13-12-17(14-21(20)26-2)23-22(24)18-10-6-7-11-19(18)27-15-16-8-4-3-5-9-16/h3-14H,15H2,1-2H3,(H,23,24). The van der Waals surface area contributed by atoms with Crippen molar-refractivity contribution in [2.24, 2.45) is 0 Å². The van der Waals surface area contributed by atoms with Crippen molar-refractivity contribution in [2.75, 3.05) is 19.5 Å². The molecule has 5 heteroatoms. The number of hydrogen-bond donors (Lipinski definition) is 1. The molecule has 0 aliphatic carbocycles. The topological polar surface area (TPSA) is 56.8 Å². The van der Waals surface area contributed by atoms with Gasteiger partial charge in [-0.25, -0.2) is 0 Å². The van der Waals surface area contributed by atoms with Crippen molar-refractivity contribution in [3.05, 3.63) is 83.9 Å². The molecule has 1 N–H and O–H groups in total. The highest BCUT2D eigenvalue weighted by Crippen LogP contribution is 2.30. The SMILES string of the molecule is COc1ccc(NC(=O)c2ccccc2OCc2ccccc2)cc1OC. The van der Waals surface area contributed by atoms with Crippen LogP contribution in [0.15, 0.2) is 72.8 Å². The molecule has 3 rings (SSSR count). The van der Waals surface area contributed by atoms with Gasteiger partial charge in [-0.3, -0.25) is 4.79 Å². The predicted molar refractivity (Wildman–Crippen MR) is 105 cm³/mol. The molecule has 3 aromatic carbocycles. The average Bonchev–Trinajstić information content (AvgIpc) is 2.73. The van der Waals surface area contributed by atoms with Crippen LogP contribution in [0.5, 0.6) is 17.2 Å². The molecule has 0 aliphatic heterocycles. The summed E-state index contributed by atoms with van der Waals surface area (Å²) in [4.78, 5) is 12.7. The van der Waals surface area contributed by atoms with E-state index in [0.29, 0.717) is 35.1 Å². The minimum Gasteiger partial charge on any atom is -0.493 e. The number of rotatable bonds is 7. The van der Waals surface area contributed by atoms with E-state index in [1.165, 1.54) is 0 Å². The molecule has 0 saturated heterocycles. The molecule has 0 aromatic heterocycles. The van der Waals surface area contributed by atoms with E-state index in [9.17, 15) is 4.79 Å². The number of amides is 1. The number of nitrogens with one attached hydrogen (secondary N) is 1. The van der Waals surface area contributed by atoms with E-state index >= 15 is 0 Å². The maximum atomic E-state index is 12.7. The maximum Gasteiger partial charge on any atom is 0.259 e. The summed E-state index contributed by atoms with van der Waals surface area (Å²) in [6.45, 7) is 0.390. The van der Waals surface area contributed by atoms with Crippen molar-refractivity contribution >= 4 is 11.6 Å². The molecule has 0 aliphatic rings. The summed E-state index contributed by atoms with van der Waals surface area (Å²) in [6, 6.07) is 22.2. The summed E-state index contributed by atoms with van der Waals surface area (Å²) < 4.78 is 16.3. The molecule has 3 aromatic rings. The van der Waals surface area contributed by atoms with Crippen molar-refractivity contribution in [3.63, 3.8) is 0 Å². The number of carbonyl (C=O) groups excluding carboxylic acids is 1. The molecular formula is C22H21NO4. The van der Waals surface area contributed by atoms with Gasteiger partial charge in [-0.2, -0.15) is 0 Å². The van der Waals surface area contributed by atoms with Crippen LogP contribution in [0.3, 0.4) is 0 Å². The molecule has 5 nitrogen and oxygen atoms in total. The Bertz CT molecular complexity index is 909. The lowest BCUT2D eigenvalue weighted by atomic mass is 10.1. The van der Waals surface area contributed by atoms with Crippen LogP contribution in [0.25, 0.3) is 0 Å². The summed E-state index contributed by atoms with van der Waals surface area (Å²) >= 11 is 0. The number of para-hydroxylation sites is 1. The quantitative estimate of drug-likeness (QED) is 0.670. The van der Waals surface area contributed by atoms with E-state index in [1.54, 1.807) is 50.6 Å². The summed E-state index contributed by atoms with van der Waals surface area (Å²) in [5.41, 5.74) is 2.10. The minimum atomic E-state index is -0.258. The molecule has 0 radical (unpaired) electrons. The lowest BCUT2D eigenvalue weighted by molar-refractivity contribution is 0.102. The number of anilines is 1. The lowest BCUT2D eigenvalue weighted by Crippen LogP contribution is -2.13. The Morgan fingerprint density at radius 3 is 2.26 bits per heavy atom. The number of hydrogen-bond acceptors (Lipinski definition) is 4. The van der Waals surface area contributed by atoms with E-state index in [2.05, 4.69) is 5.32 Å². The molecule has 0 atom stereocenters. The van der Waals surface area contributed by atoms with Gasteiger partial charge in [0, 0.05) is 11.8 Å². The molecule has 0 saturated carbocycles. The van der Waals surface area contributed by atoms with Crippen molar-refractivity contribution < 1.29 is 19.0 Å². The maximum absolute atomic E-state index is 12.7. The largest absolute Gasteiger partial charge is 0.493 e. The van der Waals surface area contributed by atoms with Crippen LogP contribution in [0.4, 0.5) is 5.69 Å². The van der Waals surface area contributed by atoms with Crippen molar-refractivity contribution in [1.29, 1.82) is 0 Å². The first-order valence-corrected chi connectivity index (χ1v) is 8.50. The van der Waals surface area contributed by atoms with Gasteiger partial charge in [0.25, 0.3) is 5.91 Å². The van der Waals surface area contributed by atoms with Crippen LogP contribution >= 0.6 is 0 Å². The van der Waals surface area contributed by atoms with E-state index in [-0.39, 0.29) is 5.91 Å². The Kier molecular flexibility index (Phi) is 5.94. The van der Waals surface area contributed by atoms with Gasteiger partial charge in [0.1, 0.15) is 12.4 Å². The van der Waals surface area contributed by atoms with Gasteiger partial charge in [-0.1, -0.05) is 42.5 Å². The van der Waals surface area contributed by atoms with Gasteiger partial charge < -0.3 is 19.5 Å². The summed E-state index contributed by atoms with van der Waals surface area (Å²) in [5, 5.41) is 2.87. The number of carbonyl (C=O) groups is 1. The number of methoxy groups -OCH3 is 2. The third-order valence-electron chi connectivity index (χ3n) is 4.01. The zero-order chi connectivity index (χ0) is 19.1. The third-order valence-corrected chi connectivity index (χ3v) is 4.01. The van der Waals surface area contributed by atoms with Crippen molar-refractivity contribution in [1.82, 2.24) is 0 Å². The second-order valence-electron chi connectivity index (χ2n) is 5.79. The molecule has 0 fully saturated rings. The Balaban J connectivity index is 1.75. The second-order valence-corrected chi connectivity index (χ2v) is 5.79. The van der Waals surface area contributed by atoms with E-state index in [1.807, 2.05) is 36.4 Å². The molecule has 1 amide bonds. The number of benzene rings is 3. The Morgan fingerprint density at radius 2 is 1.52 bits per heavy atom. The van der Waals surface area contributed by atoms with Gasteiger partial charge in [0.15, 0.2) is 11.5 Å². The zero-order valence-corrected chi connectivity index (χ0v) is 15.3. The summed E-state index contributed by atoms with van der Waals surface area (Å²) in [5.74, 6) is 1.41. The van der Waals surface area contributed by atoms with E-state index in [4.69, 9.17) is 14.2 Å². The predicted octanol–water partition coefficient (Wildman–Crippen LogP) is 4.54. The lowest BCUT2D eigenvalue weighted by Gasteiger charge is -2.13. The van der Waals surface area contributed by atoms with Gasteiger partial charge in [0.05, 0.1) is 19.8 Å². The van der Waals surface area contributed by atoms with Crippen LogP contribution in [0.1, 0.15) is 15.9 Å². The third kappa shape index (κ3) is 4.58. The van der Waals surface area contributed by atoms with E-state index in [0.717, 1.165) is 5.56 Å². The first-order valence-electron chi connectivity index (χ1n) is 8.50. The highest BCUT2D eigenvalue weighted by Gasteiger charge is 2.14. The highest BCUT2D eigenvalue weighted by atomic mass is 16.5.